The molecule has 2 amide bonds. The summed E-state index contributed by atoms with van der Waals surface area (Å²) >= 11 is 1.54. The Labute approximate surface area is 132 Å². The molecule has 1 aliphatic rings. The first-order valence-corrected chi connectivity index (χ1v) is 7.95. The van der Waals surface area contributed by atoms with Crippen molar-refractivity contribution in [3.63, 3.8) is 0 Å². The molecule has 1 aromatic heterocycles. The highest BCUT2D eigenvalue weighted by Crippen LogP contribution is 2.31. The molecule has 3 rings (SSSR count). The van der Waals surface area contributed by atoms with Crippen LogP contribution in [0.4, 0.5) is 5.69 Å². The monoisotopic (exact) mass is 313 g/mol. The van der Waals surface area contributed by atoms with E-state index in [1.807, 2.05) is 18.2 Å². The lowest BCUT2D eigenvalue weighted by Gasteiger charge is -2.17. The van der Waals surface area contributed by atoms with Gasteiger partial charge in [0.25, 0.3) is 5.91 Å². The molecule has 2 aromatic rings. The number of amides is 2. The summed E-state index contributed by atoms with van der Waals surface area (Å²) in [5.74, 6) is 0.363. The lowest BCUT2D eigenvalue weighted by Crippen LogP contribution is -2.25. The summed E-state index contributed by atoms with van der Waals surface area (Å²) in [6.07, 6.45) is 3.89. The molecule has 0 atom stereocenters. The van der Waals surface area contributed by atoms with Crippen LogP contribution in [-0.2, 0) is 11.2 Å². The van der Waals surface area contributed by atoms with Crippen molar-refractivity contribution in [2.45, 2.75) is 11.3 Å². The Morgan fingerprint density at radius 3 is 3.09 bits per heavy atom. The van der Waals surface area contributed by atoms with Gasteiger partial charge in [0.2, 0.25) is 5.91 Å². The van der Waals surface area contributed by atoms with Crippen LogP contribution >= 0.6 is 11.8 Å². The fraction of sp³-hybridized carbons (Fsp3) is 0.188. The van der Waals surface area contributed by atoms with Crippen LogP contribution in [0.15, 0.2) is 47.6 Å². The van der Waals surface area contributed by atoms with Crippen molar-refractivity contribution < 1.29 is 9.59 Å². The molecule has 0 saturated heterocycles. The maximum Gasteiger partial charge on any atom is 0.252 e. The van der Waals surface area contributed by atoms with Crippen molar-refractivity contribution >= 4 is 29.3 Å². The Bertz CT molecular complexity index is 704. The number of thioether (sulfide) groups is 1. The van der Waals surface area contributed by atoms with E-state index in [0.29, 0.717) is 24.3 Å². The van der Waals surface area contributed by atoms with Crippen LogP contribution < -0.4 is 10.6 Å². The second-order valence-electron chi connectivity index (χ2n) is 4.91. The van der Waals surface area contributed by atoms with Gasteiger partial charge in [-0.15, -0.1) is 11.8 Å². The molecule has 0 fully saturated rings. The van der Waals surface area contributed by atoms with E-state index < -0.39 is 0 Å². The normalized spacial score (nSPS) is 13.2. The van der Waals surface area contributed by atoms with E-state index in [9.17, 15) is 9.59 Å². The summed E-state index contributed by atoms with van der Waals surface area (Å²) in [7, 11) is 0. The van der Waals surface area contributed by atoms with Crippen LogP contribution in [0, 0.1) is 0 Å². The van der Waals surface area contributed by atoms with Crippen LogP contribution in [0.5, 0.6) is 0 Å². The molecule has 0 saturated carbocycles. The van der Waals surface area contributed by atoms with E-state index in [-0.39, 0.29) is 11.8 Å². The molecule has 2 heterocycles. The molecule has 22 heavy (non-hydrogen) atoms. The molecular weight excluding hydrogens is 298 g/mol. The van der Waals surface area contributed by atoms with Gasteiger partial charge in [0.1, 0.15) is 0 Å². The van der Waals surface area contributed by atoms with Crippen molar-refractivity contribution in [1.29, 1.82) is 0 Å². The minimum atomic E-state index is -0.130. The topological polar surface area (TPSA) is 71.1 Å². The summed E-state index contributed by atoms with van der Waals surface area (Å²) in [6, 6.07) is 9.47. The smallest absolute Gasteiger partial charge is 0.252 e. The number of anilines is 1. The predicted molar refractivity (Wildman–Crippen MR) is 86.1 cm³/mol. The molecule has 1 aromatic carbocycles. The molecule has 6 heteroatoms. The zero-order chi connectivity index (χ0) is 15.4. The van der Waals surface area contributed by atoms with Crippen LogP contribution in [0.25, 0.3) is 0 Å². The van der Waals surface area contributed by atoms with E-state index in [1.165, 1.54) is 0 Å². The van der Waals surface area contributed by atoms with E-state index in [2.05, 4.69) is 15.6 Å². The van der Waals surface area contributed by atoms with Crippen LogP contribution in [0.3, 0.4) is 0 Å². The Morgan fingerprint density at radius 1 is 1.36 bits per heavy atom. The fourth-order valence-corrected chi connectivity index (χ4v) is 2.99. The van der Waals surface area contributed by atoms with Gasteiger partial charge in [-0.05, 0) is 36.2 Å². The zero-order valence-electron chi connectivity index (χ0n) is 11.8. The summed E-state index contributed by atoms with van der Waals surface area (Å²) in [6.45, 7) is 0.535. The Balaban J connectivity index is 1.57. The summed E-state index contributed by atoms with van der Waals surface area (Å²) in [4.78, 5) is 28.3. The van der Waals surface area contributed by atoms with Gasteiger partial charge >= 0.3 is 0 Å². The predicted octanol–water partition coefficient (Wildman–Crippen LogP) is 2.10. The molecular formula is C16H15N3O2S. The third-order valence-electron chi connectivity index (χ3n) is 3.30. The zero-order valence-corrected chi connectivity index (χ0v) is 12.7. The first-order chi connectivity index (χ1) is 10.7. The lowest BCUT2D eigenvalue weighted by atomic mass is 10.1. The van der Waals surface area contributed by atoms with Gasteiger partial charge in [0.05, 0.1) is 17.0 Å². The minimum Gasteiger partial charge on any atom is -0.352 e. The van der Waals surface area contributed by atoms with Crippen molar-refractivity contribution in [3.8, 4) is 0 Å². The molecule has 0 bridgehead atoms. The molecule has 0 aliphatic carbocycles. The average Bonchev–Trinajstić information content (AvgIpc) is 2.55. The second kappa shape index (κ2) is 6.62. The van der Waals surface area contributed by atoms with Crippen LogP contribution in [0.2, 0.25) is 0 Å². The van der Waals surface area contributed by atoms with E-state index in [0.717, 1.165) is 16.1 Å². The molecule has 0 unspecified atom stereocenters. The Hall–Kier alpha value is -2.34. The highest BCUT2D eigenvalue weighted by Gasteiger charge is 2.15. The van der Waals surface area contributed by atoms with Gasteiger partial charge in [-0.3, -0.25) is 14.6 Å². The molecule has 112 valence electrons. The number of hydrogen-bond donors (Lipinski definition) is 2. The van der Waals surface area contributed by atoms with E-state index in [4.69, 9.17) is 0 Å². The molecule has 0 radical (unpaired) electrons. The van der Waals surface area contributed by atoms with Crippen molar-refractivity contribution in [1.82, 2.24) is 10.3 Å². The third-order valence-corrected chi connectivity index (χ3v) is 4.37. The number of nitrogens with zero attached hydrogens (tertiary/aromatic N) is 1. The van der Waals surface area contributed by atoms with Crippen molar-refractivity contribution in [2.24, 2.45) is 0 Å². The quantitative estimate of drug-likeness (QED) is 0.907. The molecule has 0 spiro atoms. The number of pyridine rings is 1. The maximum absolute atomic E-state index is 11.9. The highest BCUT2D eigenvalue weighted by molar-refractivity contribution is 8.00. The first-order valence-electron chi connectivity index (χ1n) is 6.96. The summed E-state index contributed by atoms with van der Waals surface area (Å²) in [5.41, 5.74) is 2.49. The van der Waals surface area contributed by atoms with E-state index >= 15 is 0 Å². The number of nitrogens with one attached hydrogen (secondary N) is 2. The Morgan fingerprint density at radius 2 is 2.27 bits per heavy atom. The number of fused-ring (bicyclic) bond motifs is 1. The van der Waals surface area contributed by atoms with Gasteiger partial charge in [-0.25, -0.2) is 0 Å². The van der Waals surface area contributed by atoms with Crippen molar-refractivity contribution in [3.05, 3.63) is 53.9 Å². The van der Waals surface area contributed by atoms with Crippen molar-refractivity contribution in [2.75, 3.05) is 17.6 Å². The summed E-state index contributed by atoms with van der Waals surface area (Å²) < 4.78 is 0. The fourth-order valence-electron chi connectivity index (χ4n) is 2.21. The Kier molecular flexibility index (Phi) is 4.39. The SMILES string of the molecule is O=C1CSc2ccc(CCNC(=O)c3cccnc3)cc2N1. The minimum absolute atomic E-state index is 0.0273. The largest absolute Gasteiger partial charge is 0.352 e. The van der Waals surface area contributed by atoms with Crippen LogP contribution in [0.1, 0.15) is 15.9 Å². The number of benzene rings is 1. The number of carbonyl (C=O) groups excluding carboxylic acids is 2. The molecule has 5 nitrogen and oxygen atoms in total. The first kappa shape index (κ1) is 14.6. The van der Waals surface area contributed by atoms with Gasteiger partial charge in [0, 0.05) is 23.8 Å². The van der Waals surface area contributed by atoms with Crippen LogP contribution in [-0.4, -0.2) is 29.1 Å². The number of hydrogen-bond acceptors (Lipinski definition) is 4. The molecule has 1 aliphatic heterocycles. The number of rotatable bonds is 4. The highest BCUT2D eigenvalue weighted by atomic mass is 32.2. The average molecular weight is 313 g/mol. The van der Waals surface area contributed by atoms with Gasteiger partial charge in [-0.1, -0.05) is 6.07 Å². The lowest BCUT2D eigenvalue weighted by molar-refractivity contribution is -0.113. The maximum atomic E-state index is 11.9. The summed E-state index contributed by atoms with van der Waals surface area (Å²) in [5, 5.41) is 5.73. The molecule has 2 N–H and O–H groups in total. The third kappa shape index (κ3) is 3.46. The van der Waals surface area contributed by atoms with Gasteiger partial charge in [-0.2, -0.15) is 0 Å². The number of aromatic nitrogens is 1. The second-order valence-corrected chi connectivity index (χ2v) is 5.93. The van der Waals surface area contributed by atoms with Gasteiger partial charge < -0.3 is 10.6 Å². The van der Waals surface area contributed by atoms with E-state index in [1.54, 1.807) is 36.3 Å². The number of carbonyl (C=O) groups is 2. The van der Waals surface area contributed by atoms with Gasteiger partial charge in [0.15, 0.2) is 0 Å². The standard InChI is InChI=1S/C16H15N3O2S/c20-15-10-22-14-4-3-11(8-13(14)19-15)5-7-18-16(21)12-2-1-6-17-9-12/h1-4,6,8-9H,5,7,10H2,(H,18,21)(H,19,20).